The molecule has 2 aromatic rings. The third kappa shape index (κ3) is 7.08. The highest BCUT2D eigenvalue weighted by Gasteiger charge is 2.12. The van der Waals surface area contributed by atoms with Gasteiger partial charge < -0.3 is 19.5 Å². The first-order valence-electron chi connectivity index (χ1n) is 8.32. The first-order valence-corrected chi connectivity index (χ1v) is 8.70. The molecule has 154 valence electrons. The molecule has 1 N–H and O–H groups in total. The number of amides is 1. The lowest BCUT2D eigenvalue weighted by atomic mass is 10.2. The quantitative estimate of drug-likeness (QED) is 0.499. The number of esters is 1. The predicted octanol–water partition coefficient (Wildman–Crippen LogP) is 4.45. The number of carbonyl (C=O) groups is 2. The van der Waals surface area contributed by atoms with Gasteiger partial charge in [-0.25, -0.2) is 4.79 Å². The summed E-state index contributed by atoms with van der Waals surface area (Å²) in [5, 5.41) is 3.07. The molecule has 0 saturated carbocycles. The minimum absolute atomic E-state index is 0.00395. The number of carbonyl (C=O) groups excluding carboxylic acids is 2. The normalized spacial score (nSPS) is 10.8. The minimum Gasteiger partial charge on any atom is -0.495 e. The van der Waals surface area contributed by atoms with Gasteiger partial charge in [0.2, 0.25) is 0 Å². The van der Waals surface area contributed by atoms with Crippen molar-refractivity contribution in [2.75, 3.05) is 19.0 Å². The Labute approximate surface area is 171 Å². The number of aryl methyl sites for hydroxylation is 1. The first-order chi connectivity index (χ1) is 13.8. The lowest BCUT2D eigenvalue weighted by Crippen LogP contribution is -2.20. The molecule has 0 aliphatic heterocycles. The summed E-state index contributed by atoms with van der Waals surface area (Å²) in [5.74, 6) is -0.920. The van der Waals surface area contributed by atoms with Crippen LogP contribution in [0.4, 0.5) is 14.5 Å². The standard InChI is InChI=1S/C20H18ClF2NO5/c1-12-9-16(17(27-2)10-15(12)21)24-18(25)11-28-19(26)8-5-13-3-6-14(7-4-13)29-20(22)23/h3-10,20H,11H2,1-2H3,(H,24,25). The molecule has 2 rings (SSSR count). The maximum atomic E-state index is 12.1. The number of hydrogen-bond acceptors (Lipinski definition) is 5. The molecule has 0 heterocycles. The summed E-state index contributed by atoms with van der Waals surface area (Å²) in [4.78, 5) is 23.8. The SMILES string of the molecule is COc1cc(Cl)c(C)cc1NC(=O)COC(=O)C=Cc1ccc(OC(F)F)cc1. The van der Waals surface area contributed by atoms with Gasteiger partial charge in [0.1, 0.15) is 11.5 Å². The molecule has 0 spiro atoms. The Morgan fingerprint density at radius 2 is 1.90 bits per heavy atom. The first kappa shape index (κ1) is 22.2. The zero-order valence-electron chi connectivity index (χ0n) is 15.6. The van der Waals surface area contributed by atoms with Crippen molar-refractivity contribution < 1.29 is 32.6 Å². The van der Waals surface area contributed by atoms with E-state index >= 15 is 0 Å². The summed E-state index contributed by atoms with van der Waals surface area (Å²) in [6, 6.07) is 8.87. The third-order valence-electron chi connectivity index (χ3n) is 3.62. The van der Waals surface area contributed by atoms with Crippen LogP contribution in [0.5, 0.6) is 11.5 Å². The molecule has 0 fully saturated rings. The lowest BCUT2D eigenvalue weighted by molar-refractivity contribution is -0.142. The second-order valence-electron chi connectivity index (χ2n) is 5.74. The van der Waals surface area contributed by atoms with Gasteiger partial charge in [0.05, 0.1) is 12.8 Å². The van der Waals surface area contributed by atoms with Crippen molar-refractivity contribution in [3.05, 3.63) is 58.6 Å². The van der Waals surface area contributed by atoms with Gasteiger partial charge in [0, 0.05) is 17.2 Å². The van der Waals surface area contributed by atoms with Crippen LogP contribution in [0.25, 0.3) is 6.08 Å². The Bertz CT molecular complexity index is 900. The zero-order valence-corrected chi connectivity index (χ0v) is 16.3. The second-order valence-corrected chi connectivity index (χ2v) is 6.15. The van der Waals surface area contributed by atoms with E-state index < -0.39 is 25.1 Å². The fourth-order valence-electron chi connectivity index (χ4n) is 2.23. The van der Waals surface area contributed by atoms with E-state index in [0.717, 1.165) is 11.6 Å². The number of alkyl halides is 2. The summed E-state index contributed by atoms with van der Waals surface area (Å²) in [7, 11) is 1.44. The maximum Gasteiger partial charge on any atom is 0.387 e. The van der Waals surface area contributed by atoms with Gasteiger partial charge in [0.25, 0.3) is 5.91 Å². The molecule has 0 atom stereocenters. The van der Waals surface area contributed by atoms with Gasteiger partial charge in [-0.2, -0.15) is 8.78 Å². The third-order valence-corrected chi connectivity index (χ3v) is 4.02. The summed E-state index contributed by atoms with van der Waals surface area (Å²) in [6.45, 7) is -1.64. The zero-order chi connectivity index (χ0) is 21.4. The van der Waals surface area contributed by atoms with Crippen LogP contribution in [0.2, 0.25) is 5.02 Å². The van der Waals surface area contributed by atoms with E-state index in [4.69, 9.17) is 21.1 Å². The lowest BCUT2D eigenvalue weighted by Gasteiger charge is -2.12. The van der Waals surface area contributed by atoms with Crippen LogP contribution in [0.3, 0.4) is 0 Å². The Kier molecular flexibility index (Phi) is 7.97. The van der Waals surface area contributed by atoms with Crippen LogP contribution in [0.1, 0.15) is 11.1 Å². The van der Waals surface area contributed by atoms with Gasteiger partial charge in [0.15, 0.2) is 6.61 Å². The van der Waals surface area contributed by atoms with Crippen LogP contribution < -0.4 is 14.8 Å². The molecule has 0 aromatic heterocycles. The summed E-state index contributed by atoms with van der Waals surface area (Å²) in [6.07, 6.45) is 2.53. The van der Waals surface area contributed by atoms with E-state index in [-0.39, 0.29) is 5.75 Å². The summed E-state index contributed by atoms with van der Waals surface area (Å²) in [5.41, 5.74) is 1.71. The minimum atomic E-state index is -2.91. The van der Waals surface area contributed by atoms with Crippen molar-refractivity contribution in [3.8, 4) is 11.5 Å². The maximum absolute atomic E-state index is 12.1. The average molecular weight is 426 g/mol. The Morgan fingerprint density at radius 1 is 1.21 bits per heavy atom. The number of methoxy groups -OCH3 is 1. The number of rotatable bonds is 8. The fraction of sp³-hybridized carbons (Fsp3) is 0.200. The van der Waals surface area contributed by atoms with Crippen molar-refractivity contribution in [2.24, 2.45) is 0 Å². The van der Waals surface area contributed by atoms with Crippen molar-refractivity contribution in [1.29, 1.82) is 0 Å². The Hall–Kier alpha value is -3.13. The van der Waals surface area contributed by atoms with Crippen molar-refractivity contribution >= 4 is 35.2 Å². The van der Waals surface area contributed by atoms with Gasteiger partial charge in [-0.1, -0.05) is 23.7 Å². The van der Waals surface area contributed by atoms with Crippen LogP contribution >= 0.6 is 11.6 Å². The molecule has 29 heavy (non-hydrogen) atoms. The molecule has 9 heteroatoms. The predicted molar refractivity (Wildman–Crippen MR) is 104 cm³/mol. The monoisotopic (exact) mass is 425 g/mol. The van der Waals surface area contributed by atoms with E-state index in [9.17, 15) is 18.4 Å². The van der Waals surface area contributed by atoms with Crippen LogP contribution in [-0.4, -0.2) is 32.2 Å². The molecular weight excluding hydrogens is 408 g/mol. The molecule has 0 saturated heterocycles. The number of anilines is 1. The van der Waals surface area contributed by atoms with Gasteiger partial charge >= 0.3 is 12.6 Å². The van der Waals surface area contributed by atoms with Crippen LogP contribution in [-0.2, 0) is 14.3 Å². The molecule has 6 nitrogen and oxygen atoms in total. The molecule has 0 aliphatic carbocycles. The Morgan fingerprint density at radius 3 is 2.52 bits per heavy atom. The highest BCUT2D eigenvalue weighted by molar-refractivity contribution is 6.31. The highest BCUT2D eigenvalue weighted by atomic mass is 35.5. The second kappa shape index (κ2) is 10.4. The topological polar surface area (TPSA) is 73.9 Å². The van der Waals surface area contributed by atoms with Gasteiger partial charge in [-0.3, -0.25) is 4.79 Å². The Balaban J connectivity index is 1.86. The number of hydrogen-bond donors (Lipinski definition) is 1. The molecule has 1 amide bonds. The van der Waals surface area contributed by atoms with E-state index in [1.54, 1.807) is 19.1 Å². The number of benzene rings is 2. The molecule has 0 aliphatic rings. The molecular formula is C20H18ClF2NO5. The molecule has 0 radical (unpaired) electrons. The highest BCUT2D eigenvalue weighted by Crippen LogP contribution is 2.30. The smallest absolute Gasteiger partial charge is 0.387 e. The van der Waals surface area contributed by atoms with E-state index in [0.29, 0.717) is 22.0 Å². The number of nitrogens with one attached hydrogen (secondary N) is 1. The van der Waals surface area contributed by atoms with Crippen molar-refractivity contribution in [2.45, 2.75) is 13.5 Å². The van der Waals surface area contributed by atoms with E-state index in [2.05, 4.69) is 10.1 Å². The average Bonchev–Trinajstić information content (AvgIpc) is 2.68. The largest absolute Gasteiger partial charge is 0.495 e. The van der Waals surface area contributed by atoms with Gasteiger partial charge in [-0.05, 0) is 42.3 Å². The van der Waals surface area contributed by atoms with Gasteiger partial charge in [-0.15, -0.1) is 0 Å². The molecule has 0 unspecified atom stereocenters. The van der Waals surface area contributed by atoms with Crippen LogP contribution in [0, 0.1) is 6.92 Å². The summed E-state index contributed by atoms with van der Waals surface area (Å²) < 4.78 is 38.5. The van der Waals surface area contributed by atoms with E-state index in [1.165, 1.54) is 37.5 Å². The molecule has 2 aromatic carbocycles. The molecule has 0 bridgehead atoms. The summed E-state index contributed by atoms with van der Waals surface area (Å²) >= 11 is 6.01. The number of ether oxygens (including phenoxy) is 3. The van der Waals surface area contributed by atoms with Crippen LogP contribution in [0.15, 0.2) is 42.5 Å². The van der Waals surface area contributed by atoms with E-state index in [1.807, 2.05) is 0 Å². The van der Waals surface area contributed by atoms with Crippen molar-refractivity contribution in [1.82, 2.24) is 0 Å². The fourth-order valence-corrected chi connectivity index (χ4v) is 2.38. The van der Waals surface area contributed by atoms with Crippen molar-refractivity contribution in [3.63, 3.8) is 0 Å². The number of halogens is 3.